The molecule has 6 nitrogen and oxygen atoms in total. The molecule has 1 aromatic carbocycles. The van der Waals surface area contributed by atoms with E-state index in [1.54, 1.807) is 24.4 Å². The summed E-state index contributed by atoms with van der Waals surface area (Å²) in [4.78, 5) is 33.0. The Morgan fingerprint density at radius 3 is 2.84 bits per heavy atom. The molecule has 1 aliphatic carbocycles. The lowest BCUT2D eigenvalue weighted by Gasteiger charge is -2.36. The quantitative estimate of drug-likeness (QED) is 0.698. The predicted molar refractivity (Wildman–Crippen MR) is 116 cm³/mol. The van der Waals surface area contributed by atoms with Crippen LogP contribution in [0.2, 0.25) is 0 Å². The minimum Gasteiger partial charge on any atom is -0.494 e. The first kappa shape index (κ1) is 20.7. The third-order valence-corrected chi connectivity index (χ3v) is 6.33. The number of fused-ring (bicyclic) bond motifs is 1. The molecule has 7 heteroatoms. The molecule has 2 aliphatic heterocycles. The van der Waals surface area contributed by atoms with Gasteiger partial charge in [-0.3, -0.25) is 14.5 Å². The van der Waals surface area contributed by atoms with Crippen molar-refractivity contribution in [3.63, 3.8) is 0 Å². The van der Waals surface area contributed by atoms with Crippen LogP contribution in [-0.4, -0.2) is 35.6 Å². The molecule has 4 unspecified atom stereocenters. The summed E-state index contributed by atoms with van der Waals surface area (Å²) >= 11 is 0. The zero-order valence-electron chi connectivity index (χ0n) is 17.9. The van der Waals surface area contributed by atoms with E-state index in [0.717, 1.165) is 12.0 Å². The van der Waals surface area contributed by atoms with E-state index in [4.69, 9.17) is 9.47 Å². The van der Waals surface area contributed by atoms with Gasteiger partial charge < -0.3 is 9.47 Å². The van der Waals surface area contributed by atoms with Gasteiger partial charge in [-0.25, -0.2) is 9.37 Å². The number of anilines is 1. The van der Waals surface area contributed by atoms with Crippen molar-refractivity contribution in [2.75, 3.05) is 11.5 Å². The van der Waals surface area contributed by atoms with Crippen molar-refractivity contribution in [1.82, 2.24) is 4.98 Å². The molecule has 0 N–H and O–H groups in total. The summed E-state index contributed by atoms with van der Waals surface area (Å²) in [5.74, 6) is 0.00277. The maximum Gasteiger partial charge on any atom is 0.295 e. The summed E-state index contributed by atoms with van der Waals surface area (Å²) in [6.07, 6.45) is 1.88. The van der Waals surface area contributed by atoms with E-state index < -0.39 is 30.1 Å². The van der Waals surface area contributed by atoms with Crippen LogP contribution in [-0.2, 0) is 14.3 Å². The Hall–Kier alpha value is -3.22. The van der Waals surface area contributed by atoms with Crippen LogP contribution in [0, 0.1) is 5.92 Å². The molecule has 32 heavy (non-hydrogen) atoms. The highest BCUT2D eigenvalue weighted by Gasteiger charge is 2.53. The molecular weight excluding hydrogens is 411 g/mol. The second-order valence-corrected chi connectivity index (χ2v) is 8.47. The standard InChI is InChI=1S/C25H25FN2O4/c1-2-12-31-17-7-5-6-15(13-17)22-21-23(29)18-14-16(26)9-10-19(18)32-24(21)25(30)28(22)20-8-3-4-11-27-20/h3-8,11,13,16,18-19,22H,2,9-10,12,14H2,1H3. The molecule has 0 saturated heterocycles. The zero-order valence-corrected chi connectivity index (χ0v) is 17.9. The maximum absolute atomic E-state index is 14.2. The Morgan fingerprint density at radius 2 is 2.06 bits per heavy atom. The first-order valence-corrected chi connectivity index (χ1v) is 11.1. The topological polar surface area (TPSA) is 68.7 Å². The molecule has 4 atom stereocenters. The Labute approximate surface area is 186 Å². The van der Waals surface area contributed by atoms with Gasteiger partial charge in [-0.05, 0) is 55.5 Å². The second kappa shape index (κ2) is 8.37. The molecule has 1 saturated carbocycles. The van der Waals surface area contributed by atoms with Crippen LogP contribution in [0.3, 0.4) is 0 Å². The largest absolute Gasteiger partial charge is 0.494 e. The highest BCUT2D eigenvalue weighted by Crippen LogP contribution is 2.48. The summed E-state index contributed by atoms with van der Waals surface area (Å²) in [5, 5.41) is 0. The molecule has 0 radical (unpaired) electrons. The number of carbonyl (C=O) groups is 2. The smallest absolute Gasteiger partial charge is 0.295 e. The molecule has 166 valence electrons. The number of rotatable bonds is 5. The minimum atomic E-state index is -1.03. The summed E-state index contributed by atoms with van der Waals surface area (Å²) < 4.78 is 26.0. The van der Waals surface area contributed by atoms with Crippen molar-refractivity contribution in [3.8, 4) is 5.75 Å². The van der Waals surface area contributed by atoms with Crippen LogP contribution in [0.15, 0.2) is 60.0 Å². The number of halogens is 1. The highest BCUT2D eigenvalue weighted by molar-refractivity contribution is 6.17. The van der Waals surface area contributed by atoms with Gasteiger partial charge in [0.05, 0.1) is 24.1 Å². The van der Waals surface area contributed by atoms with Gasteiger partial charge in [0.15, 0.2) is 11.5 Å². The SMILES string of the molecule is CCCOc1cccc(C2C3=C(OC4CCC(F)CC4C3=O)C(=O)N2c2ccccn2)c1. The third kappa shape index (κ3) is 3.45. The number of ketones is 1. The van der Waals surface area contributed by atoms with E-state index in [-0.39, 0.29) is 18.0 Å². The van der Waals surface area contributed by atoms with Crippen LogP contribution in [0.4, 0.5) is 10.2 Å². The molecule has 0 spiro atoms. The maximum atomic E-state index is 14.2. The van der Waals surface area contributed by atoms with Gasteiger partial charge in [0.1, 0.15) is 23.8 Å². The van der Waals surface area contributed by atoms with Crippen molar-refractivity contribution >= 4 is 17.5 Å². The number of hydrogen-bond acceptors (Lipinski definition) is 5. The number of aromatic nitrogens is 1. The summed E-state index contributed by atoms with van der Waals surface area (Å²) in [6.45, 7) is 2.59. The number of alkyl halides is 1. The Morgan fingerprint density at radius 1 is 1.19 bits per heavy atom. The lowest BCUT2D eigenvalue weighted by Crippen LogP contribution is -2.42. The average Bonchev–Trinajstić information content (AvgIpc) is 3.11. The van der Waals surface area contributed by atoms with Gasteiger partial charge in [-0.1, -0.05) is 25.1 Å². The molecule has 3 heterocycles. The van der Waals surface area contributed by atoms with E-state index in [2.05, 4.69) is 4.98 Å². The van der Waals surface area contributed by atoms with Gasteiger partial charge in [-0.2, -0.15) is 0 Å². The number of pyridine rings is 1. The molecule has 3 aliphatic rings. The van der Waals surface area contributed by atoms with Crippen LogP contribution in [0.1, 0.15) is 44.2 Å². The van der Waals surface area contributed by atoms with Crippen molar-refractivity contribution in [2.45, 2.75) is 50.9 Å². The number of carbonyl (C=O) groups excluding carboxylic acids is 2. The fourth-order valence-corrected chi connectivity index (χ4v) is 4.86. The Kier molecular flexibility index (Phi) is 5.41. The van der Waals surface area contributed by atoms with Crippen LogP contribution < -0.4 is 9.64 Å². The predicted octanol–water partition coefficient (Wildman–Crippen LogP) is 4.32. The first-order chi connectivity index (χ1) is 15.6. The summed E-state index contributed by atoms with van der Waals surface area (Å²) in [6, 6.07) is 12.0. The number of nitrogens with zero attached hydrogens (tertiary/aromatic N) is 2. The van der Waals surface area contributed by atoms with E-state index in [0.29, 0.717) is 36.6 Å². The average molecular weight is 436 g/mol. The van der Waals surface area contributed by atoms with Gasteiger partial charge in [0, 0.05) is 6.20 Å². The van der Waals surface area contributed by atoms with Gasteiger partial charge in [-0.15, -0.1) is 0 Å². The number of hydrogen-bond donors (Lipinski definition) is 0. The van der Waals surface area contributed by atoms with Crippen molar-refractivity contribution in [3.05, 3.63) is 65.6 Å². The molecule has 1 amide bonds. The third-order valence-electron chi connectivity index (χ3n) is 6.33. The van der Waals surface area contributed by atoms with Gasteiger partial charge in [0.25, 0.3) is 5.91 Å². The normalized spacial score (nSPS) is 27.1. The van der Waals surface area contributed by atoms with Crippen LogP contribution in [0.25, 0.3) is 0 Å². The van der Waals surface area contributed by atoms with Crippen molar-refractivity contribution in [1.29, 1.82) is 0 Å². The van der Waals surface area contributed by atoms with Gasteiger partial charge >= 0.3 is 0 Å². The van der Waals surface area contributed by atoms with Crippen molar-refractivity contribution in [2.24, 2.45) is 5.92 Å². The van der Waals surface area contributed by atoms with Crippen LogP contribution >= 0.6 is 0 Å². The second-order valence-electron chi connectivity index (χ2n) is 8.47. The molecule has 2 aromatic rings. The molecule has 1 fully saturated rings. The first-order valence-electron chi connectivity index (χ1n) is 11.1. The minimum absolute atomic E-state index is 0.0732. The fourth-order valence-electron chi connectivity index (χ4n) is 4.86. The van der Waals surface area contributed by atoms with E-state index >= 15 is 0 Å². The highest BCUT2D eigenvalue weighted by atomic mass is 19.1. The number of benzene rings is 1. The molecule has 5 rings (SSSR count). The monoisotopic (exact) mass is 436 g/mol. The number of amides is 1. The number of ether oxygens (including phenoxy) is 2. The molecule has 0 bridgehead atoms. The summed E-state index contributed by atoms with van der Waals surface area (Å²) in [5.41, 5.74) is 1.02. The number of Topliss-reactive ketones (excluding diaryl/α,β-unsaturated/α-hetero) is 1. The van der Waals surface area contributed by atoms with E-state index in [9.17, 15) is 14.0 Å². The van der Waals surface area contributed by atoms with E-state index in [1.807, 2.05) is 31.2 Å². The van der Waals surface area contributed by atoms with Crippen molar-refractivity contribution < 1.29 is 23.5 Å². The molecule has 1 aromatic heterocycles. The summed E-state index contributed by atoms with van der Waals surface area (Å²) in [7, 11) is 0. The fraction of sp³-hybridized carbons (Fsp3) is 0.400. The molecular formula is C25H25FN2O4. The lowest BCUT2D eigenvalue weighted by molar-refractivity contribution is -0.133. The van der Waals surface area contributed by atoms with Crippen LogP contribution in [0.5, 0.6) is 5.75 Å². The lowest BCUT2D eigenvalue weighted by atomic mass is 9.77. The zero-order chi connectivity index (χ0) is 22.2. The Bertz CT molecular complexity index is 1070. The van der Waals surface area contributed by atoms with Gasteiger partial charge in [0.2, 0.25) is 0 Å². The Balaban J connectivity index is 1.61. The van der Waals surface area contributed by atoms with E-state index in [1.165, 1.54) is 4.90 Å².